The average Bonchev–Trinajstić information content (AvgIpc) is 2.46. The first kappa shape index (κ1) is 13.9. The predicted molar refractivity (Wildman–Crippen MR) is 72.2 cm³/mol. The number of benzene rings is 1. The summed E-state index contributed by atoms with van der Waals surface area (Å²) in [5.41, 5.74) is 0.405. The zero-order valence-corrected chi connectivity index (χ0v) is 11.1. The molecule has 0 radical (unpaired) electrons. The van der Waals surface area contributed by atoms with E-state index in [1.807, 2.05) is 0 Å². The zero-order valence-electron chi connectivity index (χ0n) is 11.1. The molecule has 5 nitrogen and oxygen atoms in total. The molecule has 104 valence electrons. The monoisotopic (exact) mass is 275 g/mol. The van der Waals surface area contributed by atoms with Gasteiger partial charge in [-0.15, -0.1) is 0 Å². The van der Waals surface area contributed by atoms with Crippen molar-refractivity contribution in [3.63, 3.8) is 0 Å². The van der Waals surface area contributed by atoms with E-state index >= 15 is 0 Å². The molecule has 1 atom stereocenters. The highest BCUT2D eigenvalue weighted by molar-refractivity contribution is 5.85. The Hall–Kier alpha value is -2.50. The lowest BCUT2D eigenvalue weighted by Gasteiger charge is -2.25. The van der Waals surface area contributed by atoms with Crippen molar-refractivity contribution in [3.8, 4) is 0 Å². The summed E-state index contributed by atoms with van der Waals surface area (Å²) >= 11 is 0. The SMILES string of the molecule is CC(c1ccccc1F)N(C)c1nccc(C(=O)O)n1. The van der Waals surface area contributed by atoms with Crippen LogP contribution in [0, 0.1) is 5.82 Å². The molecule has 0 fully saturated rings. The van der Waals surface area contributed by atoms with Crippen molar-refractivity contribution in [1.82, 2.24) is 9.97 Å². The number of halogens is 1. The lowest BCUT2D eigenvalue weighted by Crippen LogP contribution is -2.25. The van der Waals surface area contributed by atoms with Crippen LogP contribution in [0.4, 0.5) is 10.3 Å². The predicted octanol–water partition coefficient (Wildman–Crippen LogP) is 2.51. The molecular formula is C14H14FN3O2. The fourth-order valence-electron chi connectivity index (χ4n) is 1.83. The molecule has 0 bridgehead atoms. The van der Waals surface area contributed by atoms with Crippen LogP contribution in [0.3, 0.4) is 0 Å². The van der Waals surface area contributed by atoms with Gasteiger partial charge in [-0.2, -0.15) is 0 Å². The smallest absolute Gasteiger partial charge is 0.354 e. The number of aromatic carboxylic acids is 1. The summed E-state index contributed by atoms with van der Waals surface area (Å²) in [5, 5.41) is 8.92. The van der Waals surface area contributed by atoms with Gasteiger partial charge in [0.05, 0.1) is 6.04 Å². The summed E-state index contributed by atoms with van der Waals surface area (Å²) in [6.07, 6.45) is 1.37. The lowest BCUT2D eigenvalue weighted by atomic mass is 10.1. The molecule has 0 saturated heterocycles. The Morgan fingerprint density at radius 3 is 2.70 bits per heavy atom. The normalized spacial score (nSPS) is 11.9. The molecule has 0 aliphatic carbocycles. The molecule has 2 rings (SSSR count). The second-order valence-corrected chi connectivity index (χ2v) is 4.36. The summed E-state index contributed by atoms with van der Waals surface area (Å²) in [6.45, 7) is 1.80. The van der Waals surface area contributed by atoms with E-state index in [0.29, 0.717) is 5.56 Å². The quantitative estimate of drug-likeness (QED) is 0.928. The van der Waals surface area contributed by atoms with Gasteiger partial charge in [0, 0.05) is 18.8 Å². The van der Waals surface area contributed by atoms with E-state index in [4.69, 9.17) is 5.11 Å². The lowest BCUT2D eigenvalue weighted by molar-refractivity contribution is 0.0690. The van der Waals surface area contributed by atoms with E-state index in [9.17, 15) is 9.18 Å². The van der Waals surface area contributed by atoms with Crippen molar-refractivity contribution in [2.24, 2.45) is 0 Å². The number of aromatic nitrogens is 2. The maximum absolute atomic E-state index is 13.8. The van der Waals surface area contributed by atoms with Gasteiger partial charge in [-0.25, -0.2) is 19.2 Å². The molecule has 2 aromatic rings. The van der Waals surface area contributed by atoms with Crippen LogP contribution in [0.25, 0.3) is 0 Å². The second-order valence-electron chi connectivity index (χ2n) is 4.36. The van der Waals surface area contributed by atoms with Crippen LogP contribution in [0.2, 0.25) is 0 Å². The van der Waals surface area contributed by atoms with Crippen molar-refractivity contribution in [2.45, 2.75) is 13.0 Å². The maximum atomic E-state index is 13.8. The van der Waals surface area contributed by atoms with Crippen LogP contribution in [-0.2, 0) is 0 Å². The van der Waals surface area contributed by atoms with Crippen LogP contribution < -0.4 is 4.90 Å². The van der Waals surface area contributed by atoms with Crippen molar-refractivity contribution in [1.29, 1.82) is 0 Å². The van der Waals surface area contributed by atoms with E-state index in [1.54, 1.807) is 37.1 Å². The zero-order chi connectivity index (χ0) is 14.7. The first-order valence-corrected chi connectivity index (χ1v) is 6.04. The molecule has 0 aliphatic rings. The van der Waals surface area contributed by atoms with Gasteiger partial charge in [-0.1, -0.05) is 18.2 Å². The number of hydrogen-bond donors (Lipinski definition) is 1. The van der Waals surface area contributed by atoms with Gasteiger partial charge in [-0.3, -0.25) is 0 Å². The Morgan fingerprint density at radius 2 is 2.05 bits per heavy atom. The van der Waals surface area contributed by atoms with Gasteiger partial charge in [0.15, 0.2) is 5.69 Å². The molecule has 1 N–H and O–H groups in total. The Balaban J connectivity index is 2.31. The minimum absolute atomic E-state index is 0.0948. The number of carboxylic acids is 1. The molecule has 0 aliphatic heterocycles. The Kier molecular flexibility index (Phi) is 3.93. The van der Waals surface area contributed by atoms with Gasteiger partial charge in [0.25, 0.3) is 0 Å². The van der Waals surface area contributed by atoms with Gasteiger partial charge < -0.3 is 10.0 Å². The molecule has 0 saturated carbocycles. The van der Waals surface area contributed by atoms with E-state index in [0.717, 1.165) is 0 Å². The standard InChI is InChI=1S/C14H14FN3O2/c1-9(10-5-3-4-6-11(10)15)18(2)14-16-8-7-12(17-14)13(19)20/h3-9H,1-2H3,(H,19,20). The van der Waals surface area contributed by atoms with Gasteiger partial charge in [0.2, 0.25) is 5.95 Å². The molecule has 0 spiro atoms. The minimum atomic E-state index is -1.12. The highest BCUT2D eigenvalue weighted by atomic mass is 19.1. The number of rotatable bonds is 4. The van der Waals surface area contributed by atoms with Crippen molar-refractivity contribution < 1.29 is 14.3 Å². The third-order valence-electron chi connectivity index (χ3n) is 3.11. The molecule has 20 heavy (non-hydrogen) atoms. The molecule has 1 heterocycles. The molecule has 6 heteroatoms. The molecular weight excluding hydrogens is 261 g/mol. The number of anilines is 1. The summed E-state index contributed by atoms with van der Waals surface area (Å²) in [6, 6.07) is 7.42. The molecule has 1 aromatic heterocycles. The van der Waals surface area contributed by atoms with E-state index in [2.05, 4.69) is 9.97 Å². The molecule has 1 unspecified atom stereocenters. The van der Waals surface area contributed by atoms with E-state index in [-0.39, 0.29) is 23.5 Å². The second kappa shape index (κ2) is 5.64. The first-order chi connectivity index (χ1) is 9.50. The largest absolute Gasteiger partial charge is 0.477 e. The fourth-order valence-corrected chi connectivity index (χ4v) is 1.83. The Morgan fingerprint density at radius 1 is 1.35 bits per heavy atom. The third kappa shape index (κ3) is 2.74. The molecule has 0 amide bonds. The molecule has 1 aromatic carbocycles. The van der Waals surface area contributed by atoms with Crippen LogP contribution in [0.15, 0.2) is 36.5 Å². The summed E-state index contributed by atoms with van der Waals surface area (Å²) in [5.74, 6) is -1.21. The highest BCUT2D eigenvalue weighted by Gasteiger charge is 2.18. The summed E-state index contributed by atoms with van der Waals surface area (Å²) < 4.78 is 13.8. The van der Waals surface area contributed by atoms with Crippen molar-refractivity contribution in [3.05, 3.63) is 53.6 Å². The van der Waals surface area contributed by atoms with Crippen LogP contribution >= 0.6 is 0 Å². The van der Waals surface area contributed by atoms with Gasteiger partial charge in [0.1, 0.15) is 5.82 Å². The maximum Gasteiger partial charge on any atom is 0.354 e. The van der Waals surface area contributed by atoms with Crippen LogP contribution in [0.5, 0.6) is 0 Å². The van der Waals surface area contributed by atoms with Crippen LogP contribution in [0.1, 0.15) is 29.0 Å². The number of carboxylic acid groups (broad SMARTS) is 1. The van der Waals surface area contributed by atoms with Gasteiger partial charge >= 0.3 is 5.97 Å². The Bertz CT molecular complexity index is 633. The third-order valence-corrected chi connectivity index (χ3v) is 3.11. The first-order valence-electron chi connectivity index (χ1n) is 6.04. The number of hydrogen-bond acceptors (Lipinski definition) is 4. The fraction of sp³-hybridized carbons (Fsp3) is 0.214. The van der Waals surface area contributed by atoms with Crippen LogP contribution in [-0.4, -0.2) is 28.1 Å². The van der Waals surface area contributed by atoms with Crippen molar-refractivity contribution in [2.75, 3.05) is 11.9 Å². The topological polar surface area (TPSA) is 66.3 Å². The van der Waals surface area contributed by atoms with E-state index in [1.165, 1.54) is 18.3 Å². The highest BCUT2D eigenvalue weighted by Crippen LogP contribution is 2.24. The number of nitrogens with zero attached hydrogens (tertiary/aromatic N) is 3. The Labute approximate surface area is 115 Å². The van der Waals surface area contributed by atoms with Gasteiger partial charge in [-0.05, 0) is 19.1 Å². The van der Waals surface area contributed by atoms with Crippen molar-refractivity contribution >= 4 is 11.9 Å². The van der Waals surface area contributed by atoms with E-state index < -0.39 is 5.97 Å². The average molecular weight is 275 g/mol. The summed E-state index contributed by atoms with van der Waals surface area (Å²) in [4.78, 5) is 20.5. The minimum Gasteiger partial charge on any atom is -0.477 e. The number of carbonyl (C=O) groups is 1. The summed E-state index contributed by atoms with van der Waals surface area (Å²) in [7, 11) is 1.69.